The average Bonchev–Trinajstić information content (AvgIpc) is 2.84. The quantitative estimate of drug-likeness (QED) is 0.665. The maximum absolute atomic E-state index is 13.4. The number of benzene rings is 1. The van der Waals surface area contributed by atoms with Gasteiger partial charge in [-0.1, -0.05) is 0 Å². The monoisotopic (exact) mass is 263 g/mol. The highest BCUT2D eigenvalue weighted by Gasteiger charge is 2.13. The minimum Gasteiger partial charge on any atom is -0.381 e. The summed E-state index contributed by atoms with van der Waals surface area (Å²) in [6.45, 7) is 3.49. The Kier molecular flexibility index (Phi) is 3.79. The van der Waals surface area contributed by atoms with Gasteiger partial charge in [0.05, 0.1) is 4.92 Å². The van der Waals surface area contributed by atoms with E-state index >= 15 is 0 Å². The van der Waals surface area contributed by atoms with Gasteiger partial charge in [0.1, 0.15) is 0 Å². The van der Waals surface area contributed by atoms with Crippen molar-refractivity contribution >= 4 is 11.4 Å². The first kappa shape index (κ1) is 13.1. The average molecular weight is 263 g/mol. The molecule has 0 amide bonds. The van der Waals surface area contributed by atoms with E-state index in [9.17, 15) is 14.5 Å². The van der Waals surface area contributed by atoms with Crippen LogP contribution in [0, 0.1) is 15.9 Å². The number of rotatable bonds is 5. The SMILES string of the molecule is CCn1ccc(CNc2ccc([N+](=O)[O-])c(F)c2)c1. The molecule has 6 heteroatoms. The Hall–Kier alpha value is -2.37. The summed E-state index contributed by atoms with van der Waals surface area (Å²) in [6.07, 6.45) is 3.96. The van der Waals surface area contributed by atoms with E-state index in [2.05, 4.69) is 5.32 Å². The standard InChI is InChI=1S/C13H14FN3O2/c1-2-16-6-5-10(9-16)8-15-11-3-4-13(17(18)19)12(14)7-11/h3-7,9,15H,2,8H2,1H3. The van der Waals surface area contributed by atoms with E-state index in [-0.39, 0.29) is 0 Å². The fourth-order valence-corrected chi connectivity index (χ4v) is 1.76. The third-order valence-electron chi connectivity index (χ3n) is 2.82. The summed E-state index contributed by atoms with van der Waals surface area (Å²) in [6, 6.07) is 5.76. The number of nitro groups is 1. The zero-order valence-corrected chi connectivity index (χ0v) is 10.5. The van der Waals surface area contributed by atoms with Gasteiger partial charge in [-0.3, -0.25) is 10.1 Å². The number of nitro benzene ring substituents is 1. The lowest BCUT2D eigenvalue weighted by Crippen LogP contribution is -2.00. The van der Waals surface area contributed by atoms with Gasteiger partial charge in [-0.15, -0.1) is 0 Å². The topological polar surface area (TPSA) is 60.1 Å². The van der Waals surface area contributed by atoms with E-state index in [0.29, 0.717) is 12.2 Å². The van der Waals surface area contributed by atoms with Crippen molar-refractivity contribution in [2.24, 2.45) is 0 Å². The summed E-state index contributed by atoms with van der Waals surface area (Å²) in [5, 5.41) is 13.5. The van der Waals surface area contributed by atoms with E-state index in [1.807, 2.05) is 30.0 Å². The summed E-state index contributed by atoms with van der Waals surface area (Å²) in [7, 11) is 0. The molecular formula is C13H14FN3O2. The molecule has 0 spiro atoms. The van der Waals surface area contributed by atoms with Crippen LogP contribution in [0.3, 0.4) is 0 Å². The van der Waals surface area contributed by atoms with Crippen LogP contribution >= 0.6 is 0 Å². The Morgan fingerprint density at radius 1 is 1.42 bits per heavy atom. The van der Waals surface area contributed by atoms with Crippen molar-refractivity contribution in [3.8, 4) is 0 Å². The highest BCUT2D eigenvalue weighted by molar-refractivity contribution is 5.49. The summed E-state index contributed by atoms with van der Waals surface area (Å²) in [4.78, 5) is 9.75. The first-order valence-electron chi connectivity index (χ1n) is 5.92. The number of nitrogens with one attached hydrogen (secondary N) is 1. The van der Waals surface area contributed by atoms with Crippen LogP contribution in [0.25, 0.3) is 0 Å². The molecule has 100 valence electrons. The van der Waals surface area contributed by atoms with Crippen LogP contribution in [-0.2, 0) is 13.1 Å². The number of hydrogen-bond donors (Lipinski definition) is 1. The number of aryl methyl sites for hydroxylation is 1. The van der Waals surface area contributed by atoms with Gasteiger partial charge in [-0.05, 0) is 24.6 Å². The lowest BCUT2D eigenvalue weighted by atomic mass is 10.2. The first-order chi connectivity index (χ1) is 9.10. The molecule has 0 atom stereocenters. The number of nitrogens with zero attached hydrogens (tertiary/aromatic N) is 2. The van der Waals surface area contributed by atoms with Crippen molar-refractivity contribution in [1.29, 1.82) is 0 Å². The lowest BCUT2D eigenvalue weighted by molar-refractivity contribution is -0.387. The Balaban J connectivity index is 2.03. The smallest absolute Gasteiger partial charge is 0.304 e. The number of aromatic nitrogens is 1. The molecule has 0 radical (unpaired) electrons. The molecule has 2 aromatic rings. The molecule has 0 fully saturated rings. The second-order valence-corrected chi connectivity index (χ2v) is 4.13. The van der Waals surface area contributed by atoms with Crippen LogP contribution in [-0.4, -0.2) is 9.49 Å². The van der Waals surface area contributed by atoms with Crippen molar-refractivity contribution in [1.82, 2.24) is 4.57 Å². The van der Waals surface area contributed by atoms with Gasteiger partial charge < -0.3 is 9.88 Å². The van der Waals surface area contributed by atoms with E-state index in [1.165, 1.54) is 6.07 Å². The van der Waals surface area contributed by atoms with Crippen molar-refractivity contribution in [3.05, 3.63) is 58.2 Å². The van der Waals surface area contributed by atoms with Crippen molar-refractivity contribution in [2.75, 3.05) is 5.32 Å². The molecule has 0 aliphatic rings. The van der Waals surface area contributed by atoms with Crippen LogP contribution < -0.4 is 5.32 Å². The summed E-state index contributed by atoms with van der Waals surface area (Å²) >= 11 is 0. The zero-order valence-electron chi connectivity index (χ0n) is 10.5. The molecule has 0 aliphatic carbocycles. The number of hydrogen-bond acceptors (Lipinski definition) is 3. The minimum absolute atomic E-state index is 0.511. The van der Waals surface area contributed by atoms with E-state index in [4.69, 9.17) is 0 Å². The fourth-order valence-electron chi connectivity index (χ4n) is 1.76. The predicted octanol–water partition coefficient (Wildman–Crippen LogP) is 3.17. The van der Waals surface area contributed by atoms with Crippen LogP contribution in [0.15, 0.2) is 36.7 Å². The van der Waals surface area contributed by atoms with E-state index < -0.39 is 16.4 Å². The third-order valence-corrected chi connectivity index (χ3v) is 2.82. The Labute approximate surface area is 109 Å². The fraction of sp³-hybridized carbons (Fsp3) is 0.231. The molecule has 1 N–H and O–H groups in total. The largest absolute Gasteiger partial charge is 0.381 e. The summed E-state index contributed by atoms with van der Waals surface area (Å²) < 4.78 is 15.4. The lowest BCUT2D eigenvalue weighted by Gasteiger charge is -2.05. The minimum atomic E-state index is -0.832. The molecule has 0 bridgehead atoms. The van der Waals surface area contributed by atoms with Crippen LogP contribution in [0.1, 0.15) is 12.5 Å². The Morgan fingerprint density at radius 3 is 2.79 bits per heavy atom. The molecule has 5 nitrogen and oxygen atoms in total. The summed E-state index contributed by atoms with van der Waals surface area (Å²) in [5.74, 6) is -0.832. The molecule has 1 aromatic heterocycles. The van der Waals surface area contributed by atoms with E-state index in [0.717, 1.165) is 24.2 Å². The number of anilines is 1. The van der Waals surface area contributed by atoms with Crippen LogP contribution in [0.4, 0.5) is 15.8 Å². The van der Waals surface area contributed by atoms with Crippen molar-refractivity contribution < 1.29 is 9.31 Å². The van der Waals surface area contributed by atoms with Gasteiger partial charge in [0.2, 0.25) is 5.82 Å². The molecule has 1 aromatic carbocycles. The molecule has 0 unspecified atom stereocenters. The third kappa shape index (κ3) is 3.09. The zero-order chi connectivity index (χ0) is 13.8. The van der Waals surface area contributed by atoms with Gasteiger partial charge in [-0.2, -0.15) is 4.39 Å². The molecule has 0 saturated heterocycles. The molecule has 1 heterocycles. The molecule has 0 aliphatic heterocycles. The van der Waals surface area contributed by atoms with Crippen LogP contribution in [0.2, 0.25) is 0 Å². The second kappa shape index (κ2) is 5.51. The predicted molar refractivity (Wildman–Crippen MR) is 70.5 cm³/mol. The van der Waals surface area contributed by atoms with Gasteiger partial charge in [0.15, 0.2) is 0 Å². The Morgan fingerprint density at radius 2 is 2.21 bits per heavy atom. The maximum atomic E-state index is 13.4. The van der Waals surface area contributed by atoms with Gasteiger partial charge in [-0.25, -0.2) is 0 Å². The highest BCUT2D eigenvalue weighted by Crippen LogP contribution is 2.21. The van der Waals surface area contributed by atoms with E-state index in [1.54, 1.807) is 0 Å². The van der Waals surface area contributed by atoms with Crippen molar-refractivity contribution in [3.63, 3.8) is 0 Å². The number of halogens is 1. The molecule has 2 rings (SSSR count). The summed E-state index contributed by atoms with van der Waals surface area (Å²) in [5.41, 5.74) is 1.08. The molecular weight excluding hydrogens is 249 g/mol. The highest BCUT2D eigenvalue weighted by atomic mass is 19.1. The van der Waals surface area contributed by atoms with Crippen LogP contribution in [0.5, 0.6) is 0 Å². The normalized spacial score (nSPS) is 10.4. The van der Waals surface area contributed by atoms with Gasteiger partial charge in [0.25, 0.3) is 0 Å². The van der Waals surface area contributed by atoms with Crippen molar-refractivity contribution in [2.45, 2.75) is 20.0 Å². The van der Waals surface area contributed by atoms with Gasteiger partial charge >= 0.3 is 5.69 Å². The second-order valence-electron chi connectivity index (χ2n) is 4.13. The van der Waals surface area contributed by atoms with Gasteiger partial charge in [0, 0.05) is 43.3 Å². The Bertz CT molecular complexity index is 595. The first-order valence-corrected chi connectivity index (χ1v) is 5.92. The molecule has 19 heavy (non-hydrogen) atoms. The maximum Gasteiger partial charge on any atom is 0.304 e. The molecule has 0 saturated carbocycles.